The molecule has 0 bridgehead atoms. The minimum Gasteiger partial charge on any atom is -0.368 e. The van der Waals surface area contributed by atoms with Crippen molar-refractivity contribution in [1.82, 2.24) is 19.5 Å². The van der Waals surface area contributed by atoms with Gasteiger partial charge in [-0.2, -0.15) is 9.61 Å². The molecule has 1 saturated heterocycles. The van der Waals surface area contributed by atoms with Gasteiger partial charge in [-0.3, -0.25) is 4.90 Å². The Hall–Kier alpha value is -1.62. The maximum atomic E-state index is 4.58. The van der Waals surface area contributed by atoms with Crippen molar-refractivity contribution < 1.29 is 0 Å². The quantitative estimate of drug-likeness (QED) is 0.907. The molecule has 0 aromatic carbocycles. The normalized spacial score (nSPS) is 19.8. The molecule has 0 saturated carbocycles. The Kier molecular flexibility index (Phi) is 3.87. The van der Waals surface area contributed by atoms with E-state index in [0.29, 0.717) is 6.04 Å². The average molecular weight is 273 g/mol. The molecule has 1 aliphatic heterocycles. The van der Waals surface area contributed by atoms with Crippen molar-refractivity contribution in [2.75, 3.05) is 25.0 Å². The van der Waals surface area contributed by atoms with E-state index < -0.39 is 0 Å². The monoisotopic (exact) mass is 273 g/mol. The van der Waals surface area contributed by atoms with Crippen LogP contribution >= 0.6 is 0 Å². The van der Waals surface area contributed by atoms with Crippen LogP contribution in [0.2, 0.25) is 0 Å². The van der Waals surface area contributed by atoms with Gasteiger partial charge in [0, 0.05) is 30.4 Å². The summed E-state index contributed by atoms with van der Waals surface area (Å²) in [6.07, 6.45) is 5.35. The summed E-state index contributed by atoms with van der Waals surface area (Å²) in [5.41, 5.74) is 2.03. The number of aryl methyl sites for hydroxylation is 1. The molecule has 2 aromatic rings. The number of nitrogens with zero attached hydrogens (tertiary/aromatic N) is 4. The summed E-state index contributed by atoms with van der Waals surface area (Å²) < 4.78 is 1.89. The lowest BCUT2D eigenvalue weighted by molar-refractivity contribution is 0.277. The number of nitrogens with one attached hydrogen (secondary N) is 1. The molecule has 0 radical (unpaired) electrons. The van der Waals surface area contributed by atoms with E-state index in [4.69, 9.17) is 0 Å². The van der Waals surface area contributed by atoms with E-state index in [1.165, 1.54) is 19.4 Å². The first-order valence-corrected chi connectivity index (χ1v) is 7.63. The molecule has 3 rings (SSSR count). The maximum Gasteiger partial charge on any atom is 0.157 e. The molecule has 0 spiro atoms. The van der Waals surface area contributed by atoms with Gasteiger partial charge in [-0.15, -0.1) is 0 Å². The molecule has 3 heterocycles. The van der Waals surface area contributed by atoms with Gasteiger partial charge in [0.2, 0.25) is 0 Å². The maximum absolute atomic E-state index is 4.58. The summed E-state index contributed by atoms with van der Waals surface area (Å²) in [6, 6.07) is 4.72. The first kappa shape index (κ1) is 13.4. The van der Waals surface area contributed by atoms with Crippen molar-refractivity contribution in [3.8, 4) is 0 Å². The first-order valence-electron chi connectivity index (χ1n) is 7.63. The molecule has 5 heteroatoms. The molecule has 20 heavy (non-hydrogen) atoms. The highest BCUT2D eigenvalue weighted by Crippen LogP contribution is 2.18. The van der Waals surface area contributed by atoms with E-state index in [0.717, 1.165) is 36.7 Å². The predicted molar refractivity (Wildman–Crippen MR) is 81.1 cm³/mol. The minimum atomic E-state index is 0.642. The topological polar surface area (TPSA) is 45.5 Å². The van der Waals surface area contributed by atoms with Gasteiger partial charge in [0.15, 0.2) is 5.65 Å². The molecular formula is C15H23N5. The number of hydrogen-bond donors (Lipinski definition) is 1. The average Bonchev–Trinajstić information content (AvgIpc) is 3.12. The van der Waals surface area contributed by atoms with Crippen molar-refractivity contribution in [1.29, 1.82) is 0 Å². The highest BCUT2D eigenvalue weighted by atomic mass is 15.3. The summed E-state index contributed by atoms with van der Waals surface area (Å²) in [5.74, 6) is 1.06. The van der Waals surface area contributed by atoms with Gasteiger partial charge in [-0.05, 0) is 32.4 Å². The second-order valence-electron chi connectivity index (χ2n) is 5.39. The fraction of sp³-hybridized carbons (Fsp3) is 0.600. The summed E-state index contributed by atoms with van der Waals surface area (Å²) in [5, 5.41) is 7.93. The largest absolute Gasteiger partial charge is 0.368 e. The Balaban J connectivity index is 1.78. The molecule has 2 aromatic heterocycles. The number of likely N-dealkylation sites (tertiary alicyclic amines) is 1. The van der Waals surface area contributed by atoms with Gasteiger partial charge in [-0.1, -0.05) is 13.8 Å². The molecule has 1 N–H and O–H groups in total. The third-order valence-corrected chi connectivity index (χ3v) is 4.20. The van der Waals surface area contributed by atoms with Crippen LogP contribution < -0.4 is 5.32 Å². The van der Waals surface area contributed by atoms with Crippen molar-refractivity contribution in [2.45, 2.75) is 39.2 Å². The second-order valence-corrected chi connectivity index (χ2v) is 5.39. The van der Waals surface area contributed by atoms with Crippen LogP contribution in [0.5, 0.6) is 0 Å². The first-order chi connectivity index (χ1) is 9.81. The number of aromatic nitrogens is 3. The SMILES string of the molecule is CCc1cc(NC[C@@H]2CCCN2CC)n2nccc2n1. The van der Waals surface area contributed by atoms with E-state index >= 15 is 0 Å². The summed E-state index contributed by atoms with van der Waals surface area (Å²) in [6.45, 7) is 7.73. The molecule has 5 nitrogen and oxygen atoms in total. The lowest BCUT2D eigenvalue weighted by Gasteiger charge is -2.23. The zero-order valence-corrected chi connectivity index (χ0v) is 12.3. The molecular weight excluding hydrogens is 250 g/mol. The van der Waals surface area contributed by atoms with Crippen molar-refractivity contribution in [2.24, 2.45) is 0 Å². The highest BCUT2D eigenvalue weighted by molar-refractivity contribution is 5.49. The van der Waals surface area contributed by atoms with Gasteiger partial charge in [0.05, 0.1) is 6.20 Å². The number of hydrogen-bond acceptors (Lipinski definition) is 4. The molecule has 1 aliphatic rings. The van der Waals surface area contributed by atoms with Crippen molar-refractivity contribution in [3.05, 3.63) is 24.0 Å². The minimum absolute atomic E-state index is 0.642. The van der Waals surface area contributed by atoms with Gasteiger partial charge in [-0.25, -0.2) is 4.98 Å². The summed E-state index contributed by atoms with van der Waals surface area (Å²) in [4.78, 5) is 7.13. The van der Waals surface area contributed by atoms with Crippen LogP contribution in [0.25, 0.3) is 5.65 Å². The smallest absolute Gasteiger partial charge is 0.157 e. The van der Waals surface area contributed by atoms with E-state index in [1.54, 1.807) is 6.20 Å². The zero-order chi connectivity index (χ0) is 13.9. The number of rotatable bonds is 5. The molecule has 1 fully saturated rings. The second kappa shape index (κ2) is 5.79. The van der Waals surface area contributed by atoms with Crippen LogP contribution in [0.3, 0.4) is 0 Å². The van der Waals surface area contributed by atoms with Crippen molar-refractivity contribution >= 4 is 11.5 Å². The van der Waals surface area contributed by atoms with Crippen LogP contribution in [-0.4, -0.2) is 45.2 Å². The molecule has 0 amide bonds. The van der Waals surface area contributed by atoms with Gasteiger partial charge < -0.3 is 5.32 Å². The lowest BCUT2D eigenvalue weighted by atomic mass is 10.2. The third kappa shape index (κ3) is 2.50. The Morgan fingerprint density at radius 1 is 1.40 bits per heavy atom. The predicted octanol–water partition coefficient (Wildman–Crippen LogP) is 2.19. The number of likely N-dealkylation sites (N-methyl/N-ethyl adjacent to an activating group) is 1. The van der Waals surface area contributed by atoms with Crippen molar-refractivity contribution in [3.63, 3.8) is 0 Å². The molecule has 108 valence electrons. The zero-order valence-electron chi connectivity index (χ0n) is 12.3. The van der Waals surface area contributed by atoms with Crippen LogP contribution in [0, 0.1) is 0 Å². The Labute approximate surface area is 120 Å². The van der Waals surface area contributed by atoms with E-state index in [9.17, 15) is 0 Å². The van der Waals surface area contributed by atoms with Crippen LogP contribution in [0.15, 0.2) is 18.3 Å². The fourth-order valence-electron chi connectivity index (χ4n) is 3.04. The van der Waals surface area contributed by atoms with Gasteiger partial charge in [0.1, 0.15) is 5.82 Å². The highest BCUT2D eigenvalue weighted by Gasteiger charge is 2.22. The van der Waals surface area contributed by atoms with Crippen LogP contribution in [0.4, 0.5) is 5.82 Å². The Bertz CT molecular complexity index is 577. The molecule has 1 atom stereocenters. The molecule has 0 unspecified atom stereocenters. The molecule has 0 aliphatic carbocycles. The van der Waals surface area contributed by atoms with Crippen LogP contribution in [0.1, 0.15) is 32.4 Å². The number of fused-ring (bicyclic) bond motifs is 1. The van der Waals surface area contributed by atoms with E-state index in [-0.39, 0.29) is 0 Å². The van der Waals surface area contributed by atoms with E-state index in [1.807, 2.05) is 10.6 Å². The number of anilines is 1. The van der Waals surface area contributed by atoms with Crippen LogP contribution in [-0.2, 0) is 6.42 Å². The Morgan fingerprint density at radius 2 is 2.30 bits per heavy atom. The summed E-state index contributed by atoms with van der Waals surface area (Å²) >= 11 is 0. The lowest BCUT2D eigenvalue weighted by Crippen LogP contribution is -2.35. The third-order valence-electron chi connectivity index (χ3n) is 4.20. The van der Waals surface area contributed by atoms with E-state index in [2.05, 4.69) is 40.2 Å². The fourth-order valence-corrected chi connectivity index (χ4v) is 3.04. The van der Waals surface area contributed by atoms with Gasteiger partial charge >= 0.3 is 0 Å². The standard InChI is InChI=1S/C15H23N5/c1-3-12-10-15(20-14(18-12)7-8-17-20)16-11-13-6-5-9-19(13)4-2/h7-8,10,13,16H,3-6,9,11H2,1-2H3/t13-/m0/s1. The summed E-state index contributed by atoms with van der Waals surface area (Å²) in [7, 11) is 0. The Morgan fingerprint density at radius 3 is 3.10 bits per heavy atom. The van der Waals surface area contributed by atoms with Gasteiger partial charge in [0.25, 0.3) is 0 Å².